The lowest BCUT2D eigenvalue weighted by atomic mass is 9.92. The van der Waals surface area contributed by atoms with Crippen molar-refractivity contribution in [3.8, 4) is 0 Å². The number of amides is 2. The maximum absolute atomic E-state index is 12.5. The number of hydrogen-bond acceptors (Lipinski definition) is 3. The van der Waals surface area contributed by atoms with Gasteiger partial charge in [0.1, 0.15) is 0 Å². The summed E-state index contributed by atoms with van der Waals surface area (Å²) in [6.07, 6.45) is 1.95. The smallest absolute Gasteiger partial charge is 0.254 e. The van der Waals surface area contributed by atoms with Crippen LogP contribution in [-0.4, -0.2) is 35.8 Å². The van der Waals surface area contributed by atoms with E-state index in [1.54, 1.807) is 24.3 Å². The van der Waals surface area contributed by atoms with E-state index in [1.165, 1.54) is 0 Å². The van der Waals surface area contributed by atoms with E-state index in [0.717, 1.165) is 19.4 Å². The maximum atomic E-state index is 12.5. The van der Waals surface area contributed by atoms with Crippen LogP contribution < -0.4 is 11.5 Å². The summed E-state index contributed by atoms with van der Waals surface area (Å²) in [6, 6.07) is 6.56. The molecule has 4 N–H and O–H groups in total. The van der Waals surface area contributed by atoms with Crippen LogP contribution in [0.2, 0.25) is 0 Å². The molecular weight excluding hydrogens is 254 g/mol. The monoisotopic (exact) mass is 275 g/mol. The van der Waals surface area contributed by atoms with Gasteiger partial charge in [-0.05, 0) is 43.0 Å². The highest BCUT2D eigenvalue weighted by Gasteiger charge is 2.29. The number of likely N-dealkylation sites (tertiary alicyclic amines) is 1. The van der Waals surface area contributed by atoms with E-state index < -0.39 is 5.91 Å². The van der Waals surface area contributed by atoms with Crippen LogP contribution in [-0.2, 0) is 0 Å². The summed E-state index contributed by atoms with van der Waals surface area (Å²) >= 11 is 0. The molecule has 0 aromatic heterocycles. The quantitative estimate of drug-likeness (QED) is 0.861. The molecule has 2 rings (SSSR count). The van der Waals surface area contributed by atoms with Gasteiger partial charge in [-0.15, -0.1) is 0 Å². The van der Waals surface area contributed by atoms with Crippen LogP contribution in [0.1, 0.15) is 40.5 Å². The summed E-state index contributed by atoms with van der Waals surface area (Å²) < 4.78 is 0. The SMILES string of the molecule is CC1CCN(C(=O)c2ccc(C(N)=O)cc2)C(CN)C1. The Balaban J connectivity index is 2.15. The highest BCUT2D eigenvalue weighted by atomic mass is 16.2. The predicted octanol–water partition coefficient (Wildman–Crippen LogP) is 0.985. The molecule has 2 atom stereocenters. The zero-order valence-electron chi connectivity index (χ0n) is 11.7. The zero-order chi connectivity index (χ0) is 14.7. The van der Waals surface area contributed by atoms with Crippen molar-refractivity contribution < 1.29 is 9.59 Å². The minimum Gasteiger partial charge on any atom is -0.366 e. The van der Waals surface area contributed by atoms with Crippen LogP contribution in [0.5, 0.6) is 0 Å². The Hall–Kier alpha value is -1.88. The molecule has 0 aliphatic carbocycles. The summed E-state index contributed by atoms with van der Waals surface area (Å²) in [7, 11) is 0. The summed E-state index contributed by atoms with van der Waals surface area (Å²) in [4.78, 5) is 25.4. The first-order chi connectivity index (χ1) is 9.52. The molecule has 20 heavy (non-hydrogen) atoms. The summed E-state index contributed by atoms with van der Waals surface area (Å²) in [5.41, 5.74) is 12.0. The average molecular weight is 275 g/mol. The molecular formula is C15H21N3O2. The topological polar surface area (TPSA) is 89.4 Å². The Bertz CT molecular complexity index is 498. The van der Waals surface area contributed by atoms with E-state index in [-0.39, 0.29) is 11.9 Å². The second-order valence-corrected chi connectivity index (χ2v) is 5.46. The molecule has 1 aliphatic heterocycles. The lowest BCUT2D eigenvalue weighted by Gasteiger charge is -2.38. The van der Waals surface area contributed by atoms with Crippen molar-refractivity contribution in [1.82, 2.24) is 4.90 Å². The Morgan fingerprint density at radius 1 is 1.25 bits per heavy atom. The molecule has 5 heteroatoms. The van der Waals surface area contributed by atoms with E-state index in [0.29, 0.717) is 23.6 Å². The van der Waals surface area contributed by atoms with Gasteiger partial charge < -0.3 is 16.4 Å². The fraction of sp³-hybridized carbons (Fsp3) is 0.467. The largest absolute Gasteiger partial charge is 0.366 e. The van der Waals surface area contributed by atoms with Crippen molar-refractivity contribution in [2.24, 2.45) is 17.4 Å². The number of piperidine rings is 1. The van der Waals surface area contributed by atoms with E-state index >= 15 is 0 Å². The van der Waals surface area contributed by atoms with E-state index in [2.05, 4.69) is 6.92 Å². The molecule has 0 spiro atoms. The third-order valence-electron chi connectivity index (χ3n) is 3.93. The van der Waals surface area contributed by atoms with Gasteiger partial charge in [0, 0.05) is 30.3 Å². The van der Waals surface area contributed by atoms with Crippen LogP contribution in [0.25, 0.3) is 0 Å². The molecule has 1 saturated heterocycles. The number of benzene rings is 1. The van der Waals surface area contributed by atoms with Gasteiger partial charge in [-0.1, -0.05) is 6.92 Å². The molecule has 1 aromatic rings. The van der Waals surface area contributed by atoms with Crippen LogP contribution in [0.15, 0.2) is 24.3 Å². The Kier molecular flexibility index (Phi) is 4.39. The minimum atomic E-state index is -0.490. The van der Waals surface area contributed by atoms with Gasteiger partial charge in [-0.3, -0.25) is 9.59 Å². The van der Waals surface area contributed by atoms with Crippen LogP contribution in [0.4, 0.5) is 0 Å². The predicted molar refractivity (Wildman–Crippen MR) is 77.2 cm³/mol. The minimum absolute atomic E-state index is 0.0247. The van der Waals surface area contributed by atoms with Gasteiger partial charge in [-0.2, -0.15) is 0 Å². The Morgan fingerprint density at radius 2 is 1.85 bits per heavy atom. The lowest BCUT2D eigenvalue weighted by molar-refractivity contribution is 0.0573. The molecule has 1 heterocycles. The van der Waals surface area contributed by atoms with E-state index in [1.807, 2.05) is 4.90 Å². The molecule has 1 fully saturated rings. The van der Waals surface area contributed by atoms with Gasteiger partial charge in [0.2, 0.25) is 5.91 Å². The second-order valence-electron chi connectivity index (χ2n) is 5.46. The van der Waals surface area contributed by atoms with E-state index in [9.17, 15) is 9.59 Å². The molecule has 0 saturated carbocycles. The van der Waals surface area contributed by atoms with Crippen LogP contribution in [0.3, 0.4) is 0 Å². The number of primary amides is 1. The Morgan fingerprint density at radius 3 is 2.40 bits per heavy atom. The first-order valence-corrected chi connectivity index (χ1v) is 6.93. The average Bonchev–Trinajstić information content (AvgIpc) is 2.46. The molecule has 108 valence electrons. The van der Waals surface area contributed by atoms with Crippen molar-refractivity contribution in [2.75, 3.05) is 13.1 Å². The van der Waals surface area contributed by atoms with Crippen molar-refractivity contribution in [1.29, 1.82) is 0 Å². The third kappa shape index (κ3) is 2.99. The standard InChI is InChI=1S/C15H21N3O2/c1-10-6-7-18(13(8-10)9-16)15(20)12-4-2-11(3-5-12)14(17)19/h2-5,10,13H,6-9,16H2,1H3,(H2,17,19). The second kappa shape index (κ2) is 6.05. The fourth-order valence-electron chi connectivity index (χ4n) is 2.69. The van der Waals surface area contributed by atoms with Gasteiger partial charge >= 0.3 is 0 Å². The fourth-order valence-corrected chi connectivity index (χ4v) is 2.69. The summed E-state index contributed by atoms with van der Waals surface area (Å²) in [6.45, 7) is 3.40. The normalized spacial score (nSPS) is 22.6. The molecule has 2 amide bonds. The van der Waals surface area contributed by atoms with Crippen LogP contribution in [0, 0.1) is 5.92 Å². The van der Waals surface area contributed by atoms with Crippen molar-refractivity contribution in [3.05, 3.63) is 35.4 Å². The number of nitrogens with zero attached hydrogens (tertiary/aromatic N) is 1. The number of nitrogens with two attached hydrogens (primary N) is 2. The zero-order valence-corrected chi connectivity index (χ0v) is 11.7. The van der Waals surface area contributed by atoms with Crippen molar-refractivity contribution in [2.45, 2.75) is 25.8 Å². The van der Waals surface area contributed by atoms with Gasteiger partial charge in [0.05, 0.1) is 0 Å². The molecule has 1 aromatic carbocycles. The molecule has 1 aliphatic rings. The third-order valence-corrected chi connectivity index (χ3v) is 3.93. The molecule has 0 radical (unpaired) electrons. The van der Waals surface area contributed by atoms with Gasteiger partial charge in [0.25, 0.3) is 5.91 Å². The highest BCUT2D eigenvalue weighted by molar-refractivity contribution is 5.97. The molecule has 0 bridgehead atoms. The number of hydrogen-bond donors (Lipinski definition) is 2. The first kappa shape index (κ1) is 14.5. The number of carbonyl (C=O) groups excluding carboxylic acids is 2. The molecule has 2 unspecified atom stereocenters. The number of rotatable bonds is 3. The van der Waals surface area contributed by atoms with Crippen molar-refractivity contribution >= 4 is 11.8 Å². The van der Waals surface area contributed by atoms with Crippen molar-refractivity contribution in [3.63, 3.8) is 0 Å². The van der Waals surface area contributed by atoms with Crippen LogP contribution >= 0.6 is 0 Å². The first-order valence-electron chi connectivity index (χ1n) is 6.93. The number of carbonyl (C=O) groups is 2. The lowest BCUT2D eigenvalue weighted by Crippen LogP contribution is -2.49. The Labute approximate surface area is 118 Å². The van der Waals surface area contributed by atoms with Gasteiger partial charge in [0.15, 0.2) is 0 Å². The summed E-state index contributed by atoms with van der Waals surface area (Å²) in [5, 5.41) is 0. The van der Waals surface area contributed by atoms with Gasteiger partial charge in [-0.25, -0.2) is 0 Å². The van der Waals surface area contributed by atoms with E-state index in [4.69, 9.17) is 11.5 Å². The highest BCUT2D eigenvalue weighted by Crippen LogP contribution is 2.23. The maximum Gasteiger partial charge on any atom is 0.254 e. The molecule has 5 nitrogen and oxygen atoms in total. The summed E-state index contributed by atoms with van der Waals surface area (Å²) in [5.74, 6) is 0.0869.